The van der Waals surface area contributed by atoms with E-state index in [4.69, 9.17) is 0 Å². The fourth-order valence-electron chi connectivity index (χ4n) is 2.52. The zero-order valence-corrected chi connectivity index (χ0v) is 12.5. The molecule has 1 nitrogen and oxygen atoms in total. The van der Waals surface area contributed by atoms with Gasteiger partial charge in [-0.15, -0.1) is 0 Å². The first-order valence-corrected chi connectivity index (χ1v) is 7.44. The van der Waals surface area contributed by atoms with Crippen LogP contribution in [0.2, 0.25) is 0 Å². The summed E-state index contributed by atoms with van der Waals surface area (Å²) in [5.74, 6) is 0.793. The van der Waals surface area contributed by atoms with Crippen molar-refractivity contribution < 1.29 is 0 Å². The van der Waals surface area contributed by atoms with E-state index in [-0.39, 0.29) is 0 Å². The van der Waals surface area contributed by atoms with Crippen LogP contribution >= 0.6 is 0 Å². The maximum Gasteiger partial charge on any atom is 0.0291 e. The normalized spacial score (nSPS) is 14.4. The summed E-state index contributed by atoms with van der Waals surface area (Å²) >= 11 is 0. The molecule has 0 unspecified atom stereocenters. The number of rotatable bonds is 8. The van der Waals surface area contributed by atoms with Gasteiger partial charge in [-0.05, 0) is 37.4 Å². The zero-order chi connectivity index (χ0) is 13.4. The highest BCUT2D eigenvalue weighted by atomic mass is 14.9. The van der Waals surface area contributed by atoms with Crippen LogP contribution in [-0.2, 0) is 6.42 Å². The molecular weight excluding hydrogens is 218 g/mol. The van der Waals surface area contributed by atoms with Crippen LogP contribution < -0.4 is 5.32 Å². The summed E-state index contributed by atoms with van der Waals surface area (Å²) in [5, 5.41) is 3.35. The summed E-state index contributed by atoms with van der Waals surface area (Å²) < 4.78 is 0. The zero-order valence-electron chi connectivity index (χ0n) is 12.5. The third-order valence-electron chi connectivity index (χ3n) is 3.82. The fraction of sp³-hybridized carbons (Fsp3) is 0.647. The molecule has 0 heterocycles. The van der Waals surface area contributed by atoms with Crippen LogP contribution in [0.1, 0.15) is 63.6 Å². The van der Waals surface area contributed by atoms with Gasteiger partial charge in [-0.2, -0.15) is 0 Å². The molecule has 1 aromatic carbocycles. The Morgan fingerprint density at radius 1 is 1.11 bits per heavy atom. The summed E-state index contributed by atoms with van der Waals surface area (Å²) in [6, 6.07) is 9.31. The molecular formula is C17H29N. The van der Waals surface area contributed by atoms with E-state index in [1.54, 1.807) is 0 Å². The van der Waals surface area contributed by atoms with Gasteiger partial charge in [0.05, 0.1) is 0 Å². The molecule has 102 valence electrons. The smallest absolute Gasteiger partial charge is 0.0291 e. The van der Waals surface area contributed by atoms with Crippen molar-refractivity contribution in [1.29, 1.82) is 0 Å². The Morgan fingerprint density at radius 2 is 1.83 bits per heavy atom. The van der Waals surface area contributed by atoms with Crippen LogP contribution in [-0.4, -0.2) is 7.05 Å². The number of benzene rings is 1. The van der Waals surface area contributed by atoms with Crippen molar-refractivity contribution in [2.24, 2.45) is 5.92 Å². The first-order chi connectivity index (χ1) is 8.69. The molecule has 18 heavy (non-hydrogen) atoms. The fourth-order valence-corrected chi connectivity index (χ4v) is 2.52. The van der Waals surface area contributed by atoms with Crippen LogP contribution in [0.3, 0.4) is 0 Å². The Morgan fingerprint density at radius 3 is 2.50 bits per heavy atom. The number of nitrogens with one attached hydrogen (secondary N) is 1. The first kappa shape index (κ1) is 15.2. The van der Waals surface area contributed by atoms with E-state index in [0.29, 0.717) is 6.04 Å². The Hall–Kier alpha value is -0.820. The standard InChI is InChI=1S/C17H29N/c1-5-6-7-10-14(2)13-16-11-8-9-12-17(16)15(3)18-4/h8-9,11-12,14-15,18H,5-7,10,13H2,1-4H3/t14-,15-/m1/s1. The molecule has 2 atom stereocenters. The first-order valence-electron chi connectivity index (χ1n) is 7.44. The Kier molecular flexibility index (Phi) is 7.04. The average molecular weight is 247 g/mol. The van der Waals surface area contributed by atoms with Crippen molar-refractivity contribution >= 4 is 0 Å². The number of hydrogen-bond donors (Lipinski definition) is 1. The Bertz CT molecular complexity index is 332. The predicted octanol–water partition coefficient (Wildman–Crippen LogP) is 4.73. The minimum atomic E-state index is 0.448. The molecule has 0 aromatic heterocycles. The van der Waals surface area contributed by atoms with Crippen molar-refractivity contribution in [3.05, 3.63) is 35.4 Å². The van der Waals surface area contributed by atoms with Crippen molar-refractivity contribution in [2.45, 2.75) is 58.9 Å². The molecule has 0 aliphatic rings. The van der Waals surface area contributed by atoms with Gasteiger partial charge in [0.2, 0.25) is 0 Å². The summed E-state index contributed by atoms with van der Waals surface area (Å²) in [4.78, 5) is 0. The largest absolute Gasteiger partial charge is 0.313 e. The van der Waals surface area contributed by atoms with E-state index in [0.717, 1.165) is 5.92 Å². The quantitative estimate of drug-likeness (QED) is 0.655. The van der Waals surface area contributed by atoms with E-state index in [1.807, 2.05) is 7.05 Å². The molecule has 0 amide bonds. The van der Waals surface area contributed by atoms with Crippen molar-refractivity contribution in [3.8, 4) is 0 Å². The Labute approximate surface area is 113 Å². The van der Waals surface area contributed by atoms with E-state index in [9.17, 15) is 0 Å². The van der Waals surface area contributed by atoms with Crippen molar-refractivity contribution in [1.82, 2.24) is 5.32 Å². The second-order valence-electron chi connectivity index (χ2n) is 5.51. The molecule has 0 aliphatic carbocycles. The lowest BCUT2D eigenvalue weighted by Gasteiger charge is -2.18. The van der Waals surface area contributed by atoms with Crippen LogP contribution in [0, 0.1) is 5.92 Å². The second-order valence-corrected chi connectivity index (χ2v) is 5.51. The third kappa shape index (κ3) is 4.81. The highest BCUT2D eigenvalue weighted by Gasteiger charge is 2.11. The molecule has 0 radical (unpaired) electrons. The lowest BCUT2D eigenvalue weighted by atomic mass is 9.91. The van der Waals surface area contributed by atoms with E-state index in [1.165, 1.54) is 43.2 Å². The molecule has 1 aromatic rings. The maximum absolute atomic E-state index is 3.35. The van der Waals surface area contributed by atoms with Crippen LogP contribution in [0.5, 0.6) is 0 Å². The maximum atomic E-state index is 3.35. The number of hydrogen-bond acceptors (Lipinski definition) is 1. The van der Waals surface area contributed by atoms with Gasteiger partial charge in [-0.25, -0.2) is 0 Å². The van der Waals surface area contributed by atoms with Crippen LogP contribution in [0.25, 0.3) is 0 Å². The van der Waals surface area contributed by atoms with E-state index in [2.05, 4.69) is 50.4 Å². The SMILES string of the molecule is CCCCC[C@@H](C)Cc1ccccc1[C@@H](C)NC. The minimum absolute atomic E-state index is 0.448. The highest BCUT2D eigenvalue weighted by Crippen LogP contribution is 2.22. The van der Waals surface area contributed by atoms with Crippen LogP contribution in [0.15, 0.2) is 24.3 Å². The summed E-state index contributed by atoms with van der Waals surface area (Å²) in [7, 11) is 2.03. The van der Waals surface area contributed by atoms with Gasteiger partial charge < -0.3 is 5.32 Å². The minimum Gasteiger partial charge on any atom is -0.313 e. The lowest BCUT2D eigenvalue weighted by Crippen LogP contribution is -2.15. The van der Waals surface area contributed by atoms with E-state index < -0.39 is 0 Å². The average Bonchev–Trinajstić information content (AvgIpc) is 2.39. The van der Waals surface area contributed by atoms with Gasteiger partial charge in [0.1, 0.15) is 0 Å². The van der Waals surface area contributed by atoms with Gasteiger partial charge >= 0.3 is 0 Å². The monoisotopic (exact) mass is 247 g/mol. The van der Waals surface area contributed by atoms with Crippen molar-refractivity contribution in [2.75, 3.05) is 7.05 Å². The van der Waals surface area contributed by atoms with Gasteiger partial charge in [-0.1, -0.05) is 63.8 Å². The molecule has 0 aliphatic heterocycles. The van der Waals surface area contributed by atoms with E-state index >= 15 is 0 Å². The van der Waals surface area contributed by atoms with Gasteiger partial charge in [0.15, 0.2) is 0 Å². The molecule has 1 heteroatoms. The topological polar surface area (TPSA) is 12.0 Å². The third-order valence-corrected chi connectivity index (χ3v) is 3.82. The molecule has 0 saturated heterocycles. The summed E-state index contributed by atoms with van der Waals surface area (Å²) in [5.41, 5.74) is 2.98. The molecule has 0 spiro atoms. The highest BCUT2D eigenvalue weighted by molar-refractivity contribution is 5.30. The Balaban J connectivity index is 2.60. The van der Waals surface area contributed by atoms with Gasteiger partial charge in [0.25, 0.3) is 0 Å². The van der Waals surface area contributed by atoms with Crippen LogP contribution in [0.4, 0.5) is 0 Å². The van der Waals surface area contributed by atoms with Gasteiger partial charge in [0, 0.05) is 6.04 Å². The predicted molar refractivity (Wildman–Crippen MR) is 80.9 cm³/mol. The molecule has 1 N–H and O–H groups in total. The summed E-state index contributed by atoms with van der Waals surface area (Å²) in [6.45, 7) is 6.89. The molecule has 0 fully saturated rings. The number of unbranched alkanes of at least 4 members (excludes halogenated alkanes) is 2. The second kappa shape index (κ2) is 8.31. The summed E-state index contributed by atoms with van der Waals surface area (Å²) in [6.07, 6.45) is 6.64. The molecule has 1 rings (SSSR count). The molecule has 0 bridgehead atoms. The van der Waals surface area contributed by atoms with Gasteiger partial charge in [-0.3, -0.25) is 0 Å². The van der Waals surface area contributed by atoms with Crippen molar-refractivity contribution in [3.63, 3.8) is 0 Å². The lowest BCUT2D eigenvalue weighted by molar-refractivity contribution is 0.489. The molecule has 0 saturated carbocycles.